The zero-order chi connectivity index (χ0) is 12.0. The molecule has 0 aromatic carbocycles. The van der Waals surface area contributed by atoms with Crippen LogP contribution in [0.5, 0.6) is 5.75 Å². The van der Waals surface area contributed by atoms with Crippen molar-refractivity contribution in [1.29, 1.82) is 0 Å². The molecule has 4 heteroatoms. The summed E-state index contributed by atoms with van der Waals surface area (Å²) in [7, 11) is 1.68. The minimum atomic E-state index is 0.164. The molecule has 0 aliphatic carbocycles. The van der Waals surface area contributed by atoms with Gasteiger partial charge in [0.05, 0.1) is 18.6 Å². The lowest BCUT2D eigenvalue weighted by atomic mass is 10.00. The quantitative estimate of drug-likeness (QED) is 0.772. The third-order valence-electron chi connectivity index (χ3n) is 2.98. The second kappa shape index (κ2) is 6.89. The summed E-state index contributed by atoms with van der Waals surface area (Å²) in [4.78, 5) is 1.18. The summed E-state index contributed by atoms with van der Waals surface area (Å²) in [6, 6.07) is 2.13. The van der Waals surface area contributed by atoms with Gasteiger partial charge < -0.3 is 15.2 Å². The van der Waals surface area contributed by atoms with Gasteiger partial charge >= 0.3 is 0 Å². The van der Waals surface area contributed by atoms with Gasteiger partial charge in [-0.05, 0) is 17.4 Å². The lowest BCUT2D eigenvalue weighted by Gasteiger charge is -2.22. The second-order valence-electron chi connectivity index (χ2n) is 3.97. The summed E-state index contributed by atoms with van der Waals surface area (Å²) >= 11 is 1.68. The molecule has 3 nitrogen and oxygen atoms in total. The van der Waals surface area contributed by atoms with Crippen molar-refractivity contribution in [3.8, 4) is 5.75 Å². The Labute approximate surface area is 101 Å². The van der Waals surface area contributed by atoms with Gasteiger partial charge in [-0.15, -0.1) is 11.3 Å². The number of ether oxygens (including phenoxy) is 1. The third kappa shape index (κ3) is 3.47. The number of aliphatic hydroxyl groups is 1. The molecule has 0 spiro atoms. The van der Waals surface area contributed by atoms with E-state index >= 15 is 0 Å². The Morgan fingerprint density at radius 2 is 2.31 bits per heavy atom. The molecular weight excluding hydrogens is 222 g/mol. The van der Waals surface area contributed by atoms with Gasteiger partial charge in [-0.25, -0.2) is 0 Å². The van der Waals surface area contributed by atoms with Crippen LogP contribution < -0.4 is 10.1 Å². The minimum absolute atomic E-state index is 0.164. The Morgan fingerprint density at radius 3 is 2.88 bits per heavy atom. The number of hydrogen-bond acceptors (Lipinski definition) is 4. The summed E-state index contributed by atoms with van der Waals surface area (Å²) in [5.74, 6) is 1.41. The number of hydrogen-bond donors (Lipinski definition) is 2. The molecule has 0 saturated heterocycles. The summed E-state index contributed by atoms with van der Waals surface area (Å²) in [6.07, 6.45) is 1.07. The highest BCUT2D eigenvalue weighted by molar-refractivity contribution is 7.10. The lowest BCUT2D eigenvalue weighted by molar-refractivity contribution is 0.201. The summed E-state index contributed by atoms with van der Waals surface area (Å²) in [5.41, 5.74) is 0. The fourth-order valence-electron chi connectivity index (χ4n) is 1.59. The Bertz CT molecular complexity index is 301. The van der Waals surface area contributed by atoms with Gasteiger partial charge in [0, 0.05) is 12.6 Å². The van der Waals surface area contributed by atoms with Crippen molar-refractivity contribution in [2.45, 2.75) is 32.9 Å². The maximum Gasteiger partial charge on any atom is 0.134 e. The minimum Gasteiger partial charge on any atom is -0.496 e. The molecule has 0 radical (unpaired) electrons. The highest BCUT2D eigenvalue weighted by Gasteiger charge is 2.15. The van der Waals surface area contributed by atoms with Crippen LogP contribution in [0.15, 0.2) is 11.4 Å². The monoisotopic (exact) mass is 243 g/mol. The van der Waals surface area contributed by atoms with Gasteiger partial charge in [-0.1, -0.05) is 20.3 Å². The average Bonchev–Trinajstić information content (AvgIpc) is 2.76. The maximum absolute atomic E-state index is 9.29. The number of nitrogens with one attached hydrogen (secondary N) is 1. The van der Waals surface area contributed by atoms with Crippen LogP contribution in [0.25, 0.3) is 0 Å². The molecule has 1 aromatic rings. The van der Waals surface area contributed by atoms with E-state index in [1.165, 1.54) is 4.88 Å². The first-order valence-corrected chi connectivity index (χ1v) is 6.55. The van der Waals surface area contributed by atoms with E-state index < -0.39 is 0 Å². The van der Waals surface area contributed by atoms with Crippen molar-refractivity contribution in [1.82, 2.24) is 5.32 Å². The number of rotatable bonds is 7. The molecule has 0 saturated carbocycles. The molecule has 0 aliphatic rings. The largest absolute Gasteiger partial charge is 0.496 e. The molecule has 0 fully saturated rings. The van der Waals surface area contributed by atoms with Crippen molar-refractivity contribution in [3.05, 3.63) is 16.3 Å². The van der Waals surface area contributed by atoms with Crippen LogP contribution in [-0.2, 0) is 6.54 Å². The summed E-state index contributed by atoms with van der Waals surface area (Å²) in [5, 5.41) is 14.7. The van der Waals surface area contributed by atoms with Crippen LogP contribution in [0.4, 0.5) is 0 Å². The van der Waals surface area contributed by atoms with Gasteiger partial charge in [0.2, 0.25) is 0 Å². The van der Waals surface area contributed by atoms with Crippen molar-refractivity contribution in [2.75, 3.05) is 13.7 Å². The molecule has 0 aliphatic heterocycles. The molecular formula is C12H21NO2S. The normalized spacial score (nSPS) is 14.8. The van der Waals surface area contributed by atoms with Gasteiger partial charge in [0.15, 0.2) is 0 Å². The van der Waals surface area contributed by atoms with E-state index in [2.05, 4.69) is 19.2 Å². The van der Waals surface area contributed by atoms with Crippen molar-refractivity contribution < 1.29 is 9.84 Å². The van der Waals surface area contributed by atoms with E-state index in [9.17, 15) is 5.11 Å². The fourth-order valence-corrected chi connectivity index (χ4v) is 2.38. The second-order valence-corrected chi connectivity index (χ2v) is 4.97. The molecule has 2 unspecified atom stereocenters. The van der Waals surface area contributed by atoms with Gasteiger partial charge in [-0.2, -0.15) is 0 Å². The Morgan fingerprint density at radius 1 is 1.56 bits per heavy atom. The van der Waals surface area contributed by atoms with E-state index in [4.69, 9.17) is 4.74 Å². The SMILES string of the molecule is CCC(C)C(CO)NCc1sccc1OC. The first-order valence-electron chi connectivity index (χ1n) is 5.67. The van der Waals surface area contributed by atoms with Crippen LogP contribution in [-0.4, -0.2) is 24.9 Å². The molecule has 2 N–H and O–H groups in total. The number of aliphatic hydroxyl groups excluding tert-OH is 1. The van der Waals surface area contributed by atoms with Crippen LogP contribution in [0, 0.1) is 5.92 Å². The van der Waals surface area contributed by atoms with Crippen LogP contribution in [0.3, 0.4) is 0 Å². The Balaban J connectivity index is 2.49. The molecule has 1 aromatic heterocycles. The Kier molecular flexibility index (Phi) is 5.80. The standard InChI is InChI=1S/C12H21NO2S/c1-4-9(2)10(8-14)13-7-12-11(15-3)5-6-16-12/h5-6,9-10,13-14H,4,7-8H2,1-3H3. The molecule has 92 valence electrons. The van der Waals surface area contributed by atoms with E-state index in [0.717, 1.165) is 18.7 Å². The fraction of sp³-hybridized carbons (Fsp3) is 0.667. The van der Waals surface area contributed by atoms with E-state index in [-0.39, 0.29) is 12.6 Å². The Hall–Kier alpha value is -0.580. The molecule has 2 atom stereocenters. The number of thiophene rings is 1. The van der Waals surface area contributed by atoms with Gasteiger partial charge in [0.1, 0.15) is 5.75 Å². The van der Waals surface area contributed by atoms with E-state index in [1.54, 1.807) is 18.4 Å². The van der Waals surface area contributed by atoms with Crippen molar-refractivity contribution in [2.24, 2.45) is 5.92 Å². The number of methoxy groups -OCH3 is 1. The molecule has 1 rings (SSSR count). The first-order chi connectivity index (χ1) is 7.72. The zero-order valence-corrected chi connectivity index (χ0v) is 11.0. The topological polar surface area (TPSA) is 41.5 Å². The van der Waals surface area contributed by atoms with Crippen LogP contribution in [0.1, 0.15) is 25.1 Å². The van der Waals surface area contributed by atoms with Crippen LogP contribution >= 0.6 is 11.3 Å². The predicted octanol–water partition coefficient (Wildman–Crippen LogP) is 2.25. The van der Waals surface area contributed by atoms with Gasteiger partial charge in [-0.3, -0.25) is 0 Å². The molecule has 1 heterocycles. The van der Waals surface area contributed by atoms with Crippen molar-refractivity contribution >= 4 is 11.3 Å². The zero-order valence-electron chi connectivity index (χ0n) is 10.2. The van der Waals surface area contributed by atoms with E-state index in [1.807, 2.05) is 11.4 Å². The summed E-state index contributed by atoms with van der Waals surface area (Å²) in [6.45, 7) is 5.24. The molecule has 16 heavy (non-hydrogen) atoms. The third-order valence-corrected chi connectivity index (χ3v) is 3.88. The molecule has 0 bridgehead atoms. The van der Waals surface area contributed by atoms with Gasteiger partial charge in [0.25, 0.3) is 0 Å². The molecule has 0 amide bonds. The maximum atomic E-state index is 9.29. The predicted molar refractivity (Wildman–Crippen MR) is 68.0 cm³/mol. The highest BCUT2D eigenvalue weighted by atomic mass is 32.1. The summed E-state index contributed by atoms with van der Waals surface area (Å²) < 4.78 is 5.25. The lowest BCUT2D eigenvalue weighted by Crippen LogP contribution is -2.37. The van der Waals surface area contributed by atoms with Crippen molar-refractivity contribution in [3.63, 3.8) is 0 Å². The van der Waals surface area contributed by atoms with Crippen LogP contribution in [0.2, 0.25) is 0 Å². The average molecular weight is 243 g/mol. The highest BCUT2D eigenvalue weighted by Crippen LogP contribution is 2.24. The van der Waals surface area contributed by atoms with E-state index in [0.29, 0.717) is 5.92 Å². The smallest absolute Gasteiger partial charge is 0.134 e. The first kappa shape index (κ1) is 13.5.